The van der Waals surface area contributed by atoms with E-state index in [1.54, 1.807) is 19.2 Å². The third-order valence-electron chi connectivity index (χ3n) is 3.83. The first-order valence-corrected chi connectivity index (χ1v) is 6.91. The lowest BCUT2D eigenvalue weighted by Crippen LogP contribution is -2.09. The van der Waals surface area contributed by atoms with Gasteiger partial charge in [0.25, 0.3) is 0 Å². The van der Waals surface area contributed by atoms with Crippen LogP contribution in [0.2, 0.25) is 0 Å². The largest absolute Gasteiger partial charge is 0.382 e. The SMILES string of the molecule is CNc1cccc(NCCC2CCCC2)c1[N+](=O)[O-]. The monoisotopic (exact) mass is 263 g/mol. The summed E-state index contributed by atoms with van der Waals surface area (Å²) in [6.07, 6.45) is 6.38. The van der Waals surface area contributed by atoms with E-state index < -0.39 is 0 Å². The van der Waals surface area contributed by atoms with Gasteiger partial charge < -0.3 is 10.6 Å². The van der Waals surface area contributed by atoms with Crippen molar-refractivity contribution in [3.8, 4) is 0 Å². The lowest BCUT2D eigenvalue weighted by atomic mass is 10.0. The summed E-state index contributed by atoms with van der Waals surface area (Å²) < 4.78 is 0. The van der Waals surface area contributed by atoms with E-state index in [4.69, 9.17) is 0 Å². The van der Waals surface area contributed by atoms with Gasteiger partial charge in [-0.1, -0.05) is 31.7 Å². The third kappa shape index (κ3) is 3.36. The van der Waals surface area contributed by atoms with E-state index in [-0.39, 0.29) is 10.6 Å². The van der Waals surface area contributed by atoms with E-state index in [9.17, 15) is 10.1 Å². The Kier molecular flexibility index (Phi) is 4.60. The van der Waals surface area contributed by atoms with E-state index in [1.165, 1.54) is 25.7 Å². The predicted octanol–water partition coefficient (Wildman–Crippen LogP) is 3.63. The Morgan fingerprint density at radius 2 is 2.00 bits per heavy atom. The minimum atomic E-state index is -0.330. The van der Waals surface area contributed by atoms with E-state index in [2.05, 4.69) is 10.6 Å². The van der Waals surface area contributed by atoms with Crippen LogP contribution < -0.4 is 10.6 Å². The molecular formula is C14H21N3O2. The van der Waals surface area contributed by atoms with Gasteiger partial charge in [-0.3, -0.25) is 10.1 Å². The second-order valence-corrected chi connectivity index (χ2v) is 5.07. The third-order valence-corrected chi connectivity index (χ3v) is 3.83. The number of hydrogen-bond acceptors (Lipinski definition) is 4. The van der Waals surface area contributed by atoms with Crippen LogP contribution in [0.1, 0.15) is 32.1 Å². The molecule has 0 heterocycles. The highest BCUT2D eigenvalue weighted by molar-refractivity contribution is 5.75. The smallest absolute Gasteiger partial charge is 0.315 e. The molecule has 2 rings (SSSR count). The summed E-state index contributed by atoms with van der Waals surface area (Å²) in [5.74, 6) is 0.791. The Morgan fingerprint density at radius 1 is 1.32 bits per heavy atom. The highest BCUT2D eigenvalue weighted by Crippen LogP contribution is 2.33. The highest BCUT2D eigenvalue weighted by atomic mass is 16.6. The lowest BCUT2D eigenvalue weighted by Gasteiger charge is -2.12. The van der Waals surface area contributed by atoms with Gasteiger partial charge in [0.05, 0.1) is 4.92 Å². The van der Waals surface area contributed by atoms with Gasteiger partial charge >= 0.3 is 5.69 Å². The number of hydrogen-bond donors (Lipinski definition) is 2. The number of benzene rings is 1. The molecule has 1 aromatic rings. The van der Waals surface area contributed by atoms with E-state index in [0.29, 0.717) is 11.4 Å². The molecular weight excluding hydrogens is 242 g/mol. The van der Waals surface area contributed by atoms with Gasteiger partial charge in [-0.05, 0) is 24.5 Å². The molecule has 1 fully saturated rings. The Labute approximate surface area is 113 Å². The van der Waals surface area contributed by atoms with Crippen LogP contribution in [0.3, 0.4) is 0 Å². The molecule has 0 aromatic heterocycles. The zero-order valence-electron chi connectivity index (χ0n) is 11.3. The number of nitrogens with one attached hydrogen (secondary N) is 2. The minimum absolute atomic E-state index is 0.136. The van der Waals surface area contributed by atoms with E-state index >= 15 is 0 Å². The summed E-state index contributed by atoms with van der Waals surface area (Å²) >= 11 is 0. The predicted molar refractivity (Wildman–Crippen MR) is 77.7 cm³/mol. The molecule has 0 atom stereocenters. The molecule has 5 heteroatoms. The first-order valence-electron chi connectivity index (χ1n) is 6.91. The zero-order valence-corrected chi connectivity index (χ0v) is 11.3. The van der Waals surface area contributed by atoms with Crippen molar-refractivity contribution in [3.63, 3.8) is 0 Å². The average Bonchev–Trinajstić information content (AvgIpc) is 2.91. The van der Waals surface area contributed by atoms with Crippen LogP contribution in [0.15, 0.2) is 18.2 Å². The molecule has 1 aliphatic carbocycles. The fourth-order valence-corrected chi connectivity index (χ4v) is 2.79. The van der Waals surface area contributed by atoms with Crippen molar-refractivity contribution in [2.45, 2.75) is 32.1 Å². The van der Waals surface area contributed by atoms with Crippen molar-refractivity contribution >= 4 is 17.1 Å². The topological polar surface area (TPSA) is 67.2 Å². The van der Waals surface area contributed by atoms with Crippen molar-refractivity contribution < 1.29 is 4.92 Å². The standard InChI is InChI=1S/C14H21N3O2/c1-15-12-7-4-8-13(14(12)17(18)19)16-10-9-11-5-2-3-6-11/h4,7-8,11,15-16H,2-3,5-6,9-10H2,1H3. The maximum atomic E-state index is 11.1. The molecule has 0 spiro atoms. The Morgan fingerprint density at radius 3 is 2.63 bits per heavy atom. The number of nitro groups is 1. The van der Waals surface area contributed by atoms with Crippen molar-refractivity contribution in [2.75, 3.05) is 24.2 Å². The molecule has 1 aromatic carbocycles. The van der Waals surface area contributed by atoms with Gasteiger partial charge in [0.2, 0.25) is 0 Å². The molecule has 5 nitrogen and oxygen atoms in total. The molecule has 0 unspecified atom stereocenters. The van der Waals surface area contributed by atoms with Crippen LogP contribution in [-0.4, -0.2) is 18.5 Å². The highest BCUT2D eigenvalue weighted by Gasteiger charge is 2.19. The Balaban J connectivity index is 2.00. The second kappa shape index (κ2) is 6.41. The van der Waals surface area contributed by atoms with Gasteiger partial charge in [0, 0.05) is 13.6 Å². The average molecular weight is 263 g/mol. The van der Waals surface area contributed by atoms with Crippen LogP contribution in [0, 0.1) is 16.0 Å². The van der Waals surface area contributed by atoms with Crippen LogP contribution in [-0.2, 0) is 0 Å². The summed E-state index contributed by atoms with van der Waals surface area (Å²) in [6.45, 7) is 0.804. The molecule has 2 N–H and O–H groups in total. The van der Waals surface area contributed by atoms with Gasteiger partial charge in [-0.25, -0.2) is 0 Å². The molecule has 104 valence electrons. The van der Waals surface area contributed by atoms with E-state index in [0.717, 1.165) is 18.9 Å². The molecule has 0 bridgehead atoms. The lowest BCUT2D eigenvalue weighted by molar-refractivity contribution is -0.383. The molecule has 1 saturated carbocycles. The first-order chi connectivity index (χ1) is 9.22. The summed E-state index contributed by atoms with van der Waals surface area (Å²) in [6, 6.07) is 5.32. The normalized spacial score (nSPS) is 15.4. The van der Waals surface area contributed by atoms with Crippen LogP contribution >= 0.6 is 0 Å². The number of anilines is 2. The zero-order chi connectivity index (χ0) is 13.7. The maximum absolute atomic E-state index is 11.1. The molecule has 1 aliphatic rings. The summed E-state index contributed by atoms with van der Waals surface area (Å²) in [7, 11) is 1.70. The molecule has 19 heavy (non-hydrogen) atoms. The van der Waals surface area contributed by atoms with Crippen LogP contribution in [0.4, 0.5) is 17.1 Å². The number of para-hydroxylation sites is 1. The first kappa shape index (κ1) is 13.6. The van der Waals surface area contributed by atoms with E-state index in [1.807, 2.05) is 6.07 Å². The minimum Gasteiger partial charge on any atom is -0.382 e. The fourth-order valence-electron chi connectivity index (χ4n) is 2.79. The summed E-state index contributed by atoms with van der Waals surface area (Å²) in [5.41, 5.74) is 1.29. The summed E-state index contributed by atoms with van der Waals surface area (Å²) in [4.78, 5) is 10.8. The fraction of sp³-hybridized carbons (Fsp3) is 0.571. The van der Waals surface area contributed by atoms with Gasteiger partial charge in [-0.2, -0.15) is 0 Å². The van der Waals surface area contributed by atoms with Crippen molar-refractivity contribution in [3.05, 3.63) is 28.3 Å². The maximum Gasteiger partial charge on any atom is 0.315 e. The Hall–Kier alpha value is -1.78. The van der Waals surface area contributed by atoms with Crippen LogP contribution in [0.5, 0.6) is 0 Å². The van der Waals surface area contributed by atoms with Crippen molar-refractivity contribution in [1.82, 2.24) is 0 Å². The molecule has 0 radical (unpaired) electrons. The van der Waals surface area contributed by atoms with Gasteiger partial charge in [-0.15, -0.1) is 0 Å². The number of rotatable bonds is 6. The van der Waals surface area contributed by atoms with Crippen LogP contribution in [0.25, 0.3) is 0 Å². The molecule has 0 amide bonds. The summed E-state index contributed by atoms with van der Waals surface area (Å²) in [5, 5.41) is 17.2. The van der Waals surface area contributed by atoms with Gasteiger partial charge in [0.15, 0.2) is 0 Å². The quantitative estimate of drug-likeness (QED) is 0.607. The van der Waals surface area contributed by atoms with Crippen molar-refractivity contribution in [1.29, 1.82) is 0 Å². The Bertz CT molecular complexity index is 442. The second-order valence-electron chi connectivity index (χ2n) is 5.07. The number of nitro benzene ring substituents is 1. The van der Waals surface area contributed by atoms with Gasteiger partial charge in [0.1, 0.15) is 11.4 Å². The molecule has 0 saturated heterocycles. The number of nitrogens with zero attached hydrogens (tertiary/aromatic N) is 1. The van der Waals surface area contributed by atoms with Crippen molar-refractivity contribution in [2.24, 2.45) is 5.92 Å². The molecule has 0 aliphatic heterocycles.